The smallest absolute Gasteiger partial charge is 0.315 e. The quantitative estimate of drug-likeness (QED) is 0.486. The molecule has 0 aliphatic carbocycles. The van der Waals surface area contributed by atoms with E-state index in [1.165, 1.54) is 0 Å². The zero-order valence-corrected chi connectivity index (χ0v) is 9.67. The van der Waals surface area contributed by atoms with Crippen LogP contribution in [0.25, 0.3) is 0 Å². The molecule has 0 rings (SSSR count). The van der Waals surface area contributed by atoms with Crippen LogP contribution in [-0.2, 0) is 9.53 Å². The fraction of sp³-hybridized carbons (Fsp3) is 0.727. The number of rotatable bonds is 6. The van der Waals surface area contributed by atoms with Crippen LogP contribution in [0, 0.1) is 5.92 Å². The van der Waals surface area contributed by atoms with E-state index >= 15 is 0 Å². The van der Waals surface area contributed by atoms with Gasteiger partial charge in [-0.05, 0) is 19.4 Å². The van der Waals surface area contributed by atoms with Crippen molar-refractivity contribution in [2.75, 3.05) is 13.6 Å². The first-order chi connectivity index (χ1) is 6.52. The van der Waals surface area contributed by atoms with Gasteiger partial charge < -0.3 is 9.64 Å². The van der Waals surface area contributed by atoms with Crippen molar-refractivity contribution in [3.8, 4) is 0 Å². The summed E-state index contributed by atoms with van der Waals surface area (Å²) in [5.74, 6) is 0.194. The standard InChI is InChI=1S/C11H21NO2/c1-6-8-12(5)10(4)14-11(13)9(3)7-2/h9H,4,6-8H2,1-3,5H3. The Kier molecular flexibility index (Phi) is 6.00. The first kappa shape index (κ1) is 13.0. The Morgan fingerprint density at radius 3 is 2.50 bits per heavy atom. The van der Waals surface area contributed by atoms with Crippen LogP contribution in [0.15, 0.2) is 12.5 Å². The van der Waals surface area contributed by atoms with Crippen LogP contribution in [0.2, 0.25) is 0 Å². The van der Waals surface area contributed by atoms with Gasteiger partial charge in [-0.2, -0.15) is 0 Å². The minimum atomic E-state index is -0.194. The highest BCUT2D eigenvalue weighted by Crippen LogP contribution is 2.09. The van der Waals surface area contributed by atoms with E-state index in [1.807, 2.05) is 25.8 Å². The van der Waals surface area contributed by atoms with Crippen molar-refractivity contribution in [2.45, 2.75) is 33.6 Å². The van der Waals surface area contributed by atoms with E-state index in [4.69, 9.17) is 4.74 Å². The molecule has 14 heavy (non-hydrogen) atoms. The molecule has 0 N–H and O–H groups in total. The van der Waals surface area contributed by atoms with E-state index < -0.39 is 0 Å². The van der Waals surface area contributed by atoms with E-state index in [-0.39, 0.29) is 11.9 Å². The first-order valence-electron chi connectivity index (χ1n) is 5.14. The third-order valence-corrected chi connectivity index (χ3v) is 2.22. The minimum absolute atomic E-state index is 0.0539. The molecule has 0 spiro atoms. The van der Waals surface area contributed by atoms with Gasteiger partial charge in [0.1, 0.15) is 0 Å². The van der Waals surface area contributed by atoms with Gasteiger partial charge in [0.05, 0.1) is 5.92 Å². The van der Waals surface area contributed by atoms with Crippen LogP contribution in [0.5, 0.6) is 0 Å². The molecule has 0 aromatic rings. The van der Waals surface area contributed by atoms with E-state index in [1.54, 1.807) is 0 Å². The molecule has 1 atom stereocenters. The number of carbonyl (C=O) groups excluding carboxylic acids is 1. The number of hydrogen-bond donors (Lipinski definition) is 0. The Balaban J connectivity index is 3.99. The lowest BCUT2D eigenvalue weighted by Crippen LogP contribution is -2.24. The lowest BCUT2D eigenvalue weighted by atomic mass is 10.1. The van der Waals surface area contributed by atoms with Crippen molar-refractivity contribution in [1.82, 2.24) is 4.90 Å². The minimum Gasteiger partial charge on any atom is -0.410 e. The molecule has 0 amide bonds. The molecule has 0 heterocycles. The average Bonchev–Trinajstić information content (AvgIpc) is 2.16. The molecule has 0 saturated carbocycles. The summed E-state index contributed by atoms with van der Waals surface area (Å²) in [7, 11) is 1.87. The van der Waals surface area contributed by atoms with Gasteiger partial charge in [0.25, 0.3) is 0 Å². The highest BCUT2D eigenvalue weighted by Gasteiger charge is 2.14. The van der Waals surface area contributed by atoms with Crippen molar-refractivity contribution in [3.63, 3.8) is 0 Å². The second-order valence-electron chi connectivity index (χ2n) is 3.55. The van der Waals surface area contributed by atoms with Gasteiger partial charge in [-0.15, -0.1) is 0 Å². The van der Waals surface area contributed by atoms with Crippen molar-refractivity contribution in [3.05, 3.63) is 12.5 Å². The van der Waals surface area contributed by atoms with Gasteiger partial charge in [0.15, 0.2) is 5.88 Å². The molecular weight excluding hydrogens is 178 g/mol. The molecule has 82 valence electrons. The highest BCUT2D eigenvalue weighted by molar-refractivity contribution is 5.72. The lowest BCUT2D eigenvalue weighted by molar-refractivity contribution is -0.145. The van der Waals surface area contributed by atoms with Gasteiger partial charge in [-0.1, -0.05) is 20.8 Å². The summed E-state index contributed by atoms with van der Waals surface area (Å²) in [6.45, 7) is 10.5. The van der Waals surface area contributed by atoms with E-state index in [0.29, 0.717) is 5.88 Å². The SMILES string of the molecule is C=C(OC(=O)C(C)CC)N(C)CCC. The van der Waals surface area contributed by atoms with Gasteiger partial charge in [-0.25, -0.2) is 0 Å². The Labute approximate surface area is 86.7 Å². The maximum atomic E-state index is 11.4. The maximum Gasteiger partial charge on any atom is 0.315 e. The molecule has 0 aliphatic rings. The number of carbonyl (C=O) groups is 1. The van der Waals surface area contributed by atoms with E-state index in [2.05, 4.69) is 13.5 Å². The van der Waals surface area contributed by atoms with Gasteiger partial charge in [0.2, 0.25) is 0 Å². The molecule has 3 nitrogen and oxygen atoms in total. The normalized spacial score (nSPS) is 12.0. The fourth-order valence-corrected chi connectivity index (χ4v) is 0.921. The topological polar surface area (TPSA) is 29.5 Å². The molecule has 0 aromatic heterocycles. The first-order valence-corrected chi connectivity index (χ1v) is 5.14. The summed E-state index contributed by atoms with van der Waals surface area (Å²) in [5, 5.41) is 0. The summed E-state index contributed by atoms with van der Waals surface area (Å²) in [6.07, 6.45) is 1.81. The molecule has 0 saturated heterocycles. The summed E-state index contributed by atoms with van der Waals surface area (Å²) in [6, 6.07) is 0. The van der Waals surface area contributed by atoms with Crippen molar-refractivity contribution in [1.29, 1.82) is 0 Å². The van der Waals surface area contributed by atoms with Crippen LogP contribution in [0.3, 0.4) is 0 Å². The van der Waals surface area contributed by atoms with Crippen molar-refractivity contribution >= 4 is 5.97 Å². The summed E-state index contributed by atoms with van der Waals surface area (Å²) in [5.41, 5.74) is 0. The monoisotopic (exact) mass is 199 g/mol. The highest BCUT2D eigenvalue weighted by atomic mass is 16.5. The average molecular weight is 199 g/mol. The molecule has 0 aromatic carbocycles. The molecule has 0 bridgehead atoms. The van der Waals surface area contributed by atoms with Crippen LogP contribution in [0.4, 0.5) is 0 Å². The Morgan fingerprint density at radius 2 is 2.07 bits per heavy atom. The van der Waals surface area contributed by atoms with Crippen LogP contribution in [-0.4, -0.2) is 24.5 Å². The molecular formula is C11H21NO2. The number of hydrogen-bond acceptors (Lipinski definition) is 3. The zero-order valence-electron chi connectivity index (χ0n) is 9.67. The van der Waals surface area contributed by atoms with E-state index in [9.17, 15) is 4.79 Å². The van der Waals surface area contributed by atoms with Gasteiger partial charge in [0, 0.05) is 13.6 Å². The third-order valence-electron chi connectivity index (χ3n) is 2.22. The second kappa shape index (κ2) is 6.46. The Hall–Kier alpha value is -0.990. The predicted molar refractivity (Wildman–Crippen MR) is 57.6 cm³/mol. The van der Waals surface area contributed by atoms with Crippen LogP contribution < -0.4 is 0 Å². The summed E-state index contributed by atoms with van der Waals surface area (Å²) in [4.78, 5) is 13.2. The Bertz CT molecular complexity index is 201. The van der Waals surface area contributed by atoms with Crippen LogP contribution >= 0.6 is 0 Å². The number of ether oxygens (including phenoxy) is 1. The largest absolute Gasteiger partial charge is 0.410 e. The fourth-order valence-electron chi connectivity index (χ4n) is 0.921. The molecule has 3 heteroatoms. The second-order valence-corrected chi connectivity index (χ2v) is 3.55. The molecule has 1 unspecified atom stereocenters. The molecule has 0 radical (unpaired) electrons. The number of nitrogens with zero attached hydrogens (tertiary/aromatic N) is 1. The third kappa shape index (κ3) is 4.30. The van der Waals surface area contributed by atoms with Crippen molar-refractivity contribution in [2.24, 2.45) is 5.92 Å². The summed E-state index contributed by atoms with van der Waals surface area (Å²) < 4.78 is 5.11. The van der Waals surface area contributed by atoms with Crippen molar-refractivity contribution < 1.29 is 9.53 Å². The number of esters is 1. The predicted octanol–water partition coefficient (Wildman–Crippen LogP) is 2.39. The molecule has 0 fully saturated rings. The van der Waals surface area contributed by atoms with E-state index in [0.717, 1.165) is 19.4 Å². The van der Waals surface area contributed by atoms with Gasteiger partial charge in [-0.3, -0.25) is 4.79 Å². The molecule has 0 aliphatic heterocycles. The lowest BCUT2D eigenvalue weighted by Gasteiger charge is -2.20. The maximum absolute atomic E-state index is 11.4. The zero-order chi connectivity index (χ0) is 11.1. The van der Waals surface area contributed by atoms with Gasteiger partial charge >= 0.3 is 5.97 Å². The summed E-state index contributed by atoms with van der Waals surface area (Å²) >= 11 is 0. The Morgan fingerprint density at radius 1 is 1.50 bits per heavy atom. The van der Waals surface area contributed by atoms with Crippen LogP contribution in [0.1, 0.15) is 33.6 Å².